The molecule has 0 fully saturated rings. The van der Waals surface area contributed by atoms with Crippen molar-refractivity contribution in [2.45, 2.75) is 12.8 Å². The van der Waals surface area contributed by atoms with Crippen LogP contribution in [0.1, 0.15) is 12.3 Å². The molecule has 1 aromatic heterocycles. The van der Waals surface area contributed by atoms with Crippen LogP contribution in [0.4, 0.5) is 5.69 Å². The van der Waals surface area contributed by atoms with Crippen molar-refractivity contribution in [3.63, 3.8) is 0 Å². The number of benzene rings is 2. The van der Waals surface area contributed by atoms with E-state index in [-0.39, 0.29) is 12.3 Å². The Morgan fingerprint density at radius 3 is 2.63 bits per heavy atom. The molecule has 7 heteroatoms. The molecule has 1 amide bonds. The second kappa shape index (κ2) is 8.73. The first-order valence-corrected chi connectivity index (χ1v) is 9.11. The summed E-state index contributed by atoms with van der Waals surface area (Å²) < 4.78 is 17.2. The van der Waals surface area contributed by atoms with Gasteiger partial charge in [-0.1, -0.05) is 28.1 Å². The zero-order valence-electron chi connectivity index (χ0n) is 15.0. The van der Waals surface area contributed by atoms with Crippen molar-refractivity contribution in [3.8, 4) is 22.8 Å². The number of rotatable bonds is 7. The zero-order chi connectivity index (χ0) is 19.2. The number of nitrogens with zero attached hydrogens (tertiary/aromatic N) is 1. The molecule has 2 aromatic carbocycles. The number of anilines is 1. The van der Waals surface area contributed by atoms with Crippen LogP contribution in [-0.4, -0.2) is 25.1 Å². The van der Waals surface area contributed by atoms with Gasteiger partial charge in [-0.3, -0.25) is 4.79 Å². The Morgan fingerprint density at radius 2 is 1.93 bits per heavy atom. The first-order chi connectivity index (χ1) is 13.1. The summed E-state index contributed by atoms with van der Waals surface area (Å²) in [7, 11) is 3.12. The number of hydrogen-bond acceptors (Lipinski definition) is 5. The maximum atomic E-state index is 12.3. The van der Waals surface area contributed by atoms with Crippen molar-refractivity contribution in [1.82, 2.24) is 4.98 Å². The molecule has 0 saturated carbocycles. The van der Waals surface area contributed by atoms with E-state index in [0.29, 0.717) is 35.3 Å². The molecule has 0 aliphatic rings. The summed E-state index contributed by atoms with van der Waals surface area (Å²) in [6.07, 6.45) is 2.32. The van der Waals surface area contributed by atoms with Crippen molar-refractivity contribution in [1.29, 1.82) is 0 Å². The van der Waals surface area contributed by atoms with Gasteiger partial charge in [0.05, 0.1) is 26.1 Å². The summed E-state index contributed by atoms with van der Waals surface area (Å²) in [6, 6.07) is 13.0. The number of oxazole rings is 1. The van der Waals surface area contributed by atoms with Gasteiger partial charge in [-0.2, -0.15) is 0 Å². The van der Waals surface area contributed by atoms with Gasteiger partial charge in [-0.25, -0.2) is 4.98 Å². The average Bonchev–Trinajstić information content (AvgIpc) is 3.16. The Morgan fingerprint density at radius 1 is 1.15 bits per heavy atom. The van der Waals surface area contributed by atoms with E-state index < -0.39 is 0 Å². The first-order valence-electron chi connectivity index (χ1n) is 8.31. The van der Waals surface area contributed by atoms with Crippen LogP contribution in [0.3, 0.4) is 0 Å². The summed E-state index contributed by atoms with van der Waals surface area (Å²) in [5, 5.41) is 2.83. The molecule has 0 spiro atoms. The van der Waals surface area contributed by atoms with Gasteiger partial charge in [0, 0.05) is 28.9 Å². The molecule has 3 rings (SSSR count). The van der Waals surface area contributed by atoms with E-state index >= 15 is 0 Å². The largest absolute Gasteiger partial charge is 0.497 e. The molecule has 0 saturated heterocycles. The Bertz CT molecular complexity index is 922. The third kappa shape index (κ3) is 4.89. The fraction of sp³-hybridized carbons (Fsp3) is 0.200. The summed E-state index contributed by atoms with van der Waals surface area (Å²) in [6.45, 7) is 0. The SMILES string of the molecule is COc1ccc(NC(=O)CCc2ncc(-c3ccc(Br)cc3)o2)c(OC)c1. The second-order valence-corrected chi connectivity index (χ2v) is 6.66. The van der Waals surface area contributed by atoms with E-state index in [1.165, 1.54) is 0 Å². The maximum Gasteiger partial charge on any atom is 0.224 e. The second-order valence-electron chi connectivity index (χ2n) is 5.74. The van der Waals surface area contributed by atoms with Crippen LogP contribution in [-0.2, 0) is 11.2 Å². The van der Waals surface area contributed by atoms with E-state index in [1.54, 1.807) is 38.6 Å². The third-order valence-electron chi connectivity index (χ3n) is 3.93. The van der Waals surface area contributed by atoms with Crippen LogP contribution in [0.15, 0.2) is 57.6 Å². The standard InChI is InChI=1S/C20H19BrN2O4/c1-25-15-7-8-16(17(11-15)26-2)23-19(24)9-10-20-22-12-18(27-20)13-3-5-14(21)6-4-13/h3-8,11-12H,9-10H2,1-2H3,(H,23,24). The van der Waals surface area contributed by atoms with E-state index in [2.05, 4.69) is 26.2 Å². The topological polar surface area (TPSA) is 73.6 Å². The molecule has 1 heterocycles. The normalized spacial score (nSPS) is 10.5. The first kappa shape index (κ1) is 19.0. The fourth-order valence-corrected chi connectivity index (χ4v) is 2.77. The Balaban J connectivity index is 1.59. The minimum Gasteiger partial charge on any atom is -0.497 e. The molecular formula is C20H19BrN2O4. The highest BCUT2D eigenvalue weighted by atomic mass is 79.9. The number of carbonyl (C=O) groups excluding carboxylic acids is 1. The van der Waals surface area contributed by atoms with Crippen LogP contribution in [0.25, 0.3) is 11.3 Å². The van der Waals surface area contributed by atoms with E-state index in [0.717, 1.165) is 10.0 Å². The van der Waals surface area contributed by atoms with Crippen LogP contribution in [0.5, 0.6) is 11.5 Å². The Hall–Kier alpha value is -2.80. The van der Waals surface area contributed by atoms with E-state index in [9.17, 15) is 4.79 Å². The predicted molar refractivity (Wildman–Crippen MR) is 106 cm³/mol. The van der Waals surface area contributed by atoms with Crippen LogP contribution < -0.4 is 14.8 Å². The Kier molecular flexibility index (Phi) is 6.13. The molecular weight excluding hydrogens is 412 g/mol. The minimum atomic E-state index is -0.151. The van der Waals surface area contributed by atoms with Crippen LogP contribution >= 0.6 is 15.9 Å². The van der Waals surface area contributed by atoms with E-state index in [1.807, 2.05) is 24.3 Å². The summed E-state index contributed by atoms with van der Waals surface area (Å²) in [5.74, 6) is 2.24. The van der Waals surface area contributed by atoms with Gasteiger partial charge in [0.25, 0.3) is 0 Å². The smallest absolute Gasteiger partial charge is 0.224 e. The molecule has 0 aliphatic heterocycles. The van der Waals surface area contributed by atoms with Crippen molar-refractivity contribution in [2.24, 2.45) is 0 Å². The van der Waals surface area contributed by atoms with Gasteiger partial charge < -0.3 is 19.2 Å². The van der Waals surface area contributed by atoms with Crippen molar-refractivity contribution >= 4 is 27.5 Å². The van der Waals surface area contributed by atoms with Crippen LogP contribution in [0.2, 0.25) is 0 Å². The summed E-state index contributed by atoms with van der Waals surface area (Å²) >= 11 is 3.40. The van der Waals surface area contributed by atoms with Gasteiger partial charge in [0.15, 0.2) is 11.7 Å². The number of methoxy groups -OCH3 is 2. The number of aryl methyl sites for hydroxylation is 1. The molecule has 6 nitrogen and oxygen atoms in total. The van der Waals surface area contributed by atoms with Crippen molar-refractivity contribution in [2.75, 3.05) is 19.5 Å². The van der Waals surface area contributed by atoms with Gasteiger partial charge in [0.2, 0.25) is 5.91 Å². The molecule has 0 aliphatic carbocycles. The van der Waals surface area contributed by atoms with Gasteiger partial charge >= 0.3 is 0 Å². The number of carbonyl (C=O) groups is 1. The fourth-order valence-electron chi connectivity index (χ4n) is 2.51. The maximum absolute atomic E-state index is 12.3. The predicted octanol–water partition coefficient (Wildman–Crippen LogP) is 4.69. The zero-order valence-corrected chi connectivity index (χ0v) is 16.6. The summed E-state index contributed by atoms with van der Waals surface area (Å²) in [4.78, 5) is 16.5. The van der Waals surface area contributed by atoms with Gasteiger partial charge in [-0.05, 0) is 24.3 Å². The number of halogens is 1. The van der Waals surface area contributed by atoms with Gasteiger partial charge in [-0.15, -0.1) is 0 Å². The molecule has 140 valence electrons. The number of hydrogen-bond donors (Lipinski definition) is 1. The lowest BCUT2D eigenvalue weighted by Crippen LogP contribution is -2.13. The summed E-state index contributed by atoms with van der Waals surface area (Å²) in [5.41, 5.74) is 1.52. The number of aromatic nitrogens is 1. The molecule has 0 radical (unpaired) electrons. The highest BCUT2D eigenvalue weighted by Crippen LogP contribution is 2.29. The molecule has 0 bridgehead atoms. The molecule has 27 heavy (non-hydrogen) atoms. The van der Waals surface area contributed by atoms with E-state index in [4.69, 9.17) is 13.9 Å². The lowest BCUT2D eigenvalue weighted by Gasteiger charge is -2.11. The highest BCUT2D eigenvalue weighted by molar-refractivity contribution is 9.10. The minimum absolute atomic E-state index is 0.151. The van der Waals surface area contributed by atoms with Gasteiger partial charge in [0.1, 0.15) is 11.5 Å². The average molecular weight is 431 g/mol. The lowest BCUT2D eigenvalue weighted by molar-refractivity contribution is -0.116. The lowest BCUT2D eigenvalue weighted by atomic mass is 10.2. The van der Waals surface area contributed by atoms with Crippen molar-refractivity contribution in [3.05, 3.63) is 59.0 Å². The third-order valence-corrected chi connectivity index (χ3v) is 4.46. The molecule has 0 atom stereocenters. The number of amides is 1. The molecule has 0 unspecified atom stereocenters. The molecule has 3 aromatic rings. The van der Waals surface area contributed by atoms with Crippen molar-refractivity contribution < 1.29 is 18.7 Å². The highest BCUT2D eigenvalue weighted by Gasteiger charge is 2.12. The number of nitrogens with one attached hydrogen (secondary N) is 1. The number of ether oxygens (including phenoxy) is 2. The van der Waals surface area contributed by atoms with Crippen LogP contribution in [0, 0.1) is 0 Å². The molecule has 1 N–H and O–H groups in total. The monoisotopic (exact) mass is 430 g/mol. The Labute approximate surface area is 165 Å². The quantitative estimate of drug-likeness (QED) is 0.588.